The van der Waals surface area contributed by atoms with Crippen LogP contribution in [0.25, 0.3) is 0 Å². The number of rotatable bonds is 6. The van der Waals surface area contributed by atoms with Crippen LogP contribution in [-0.4, -0.2) is 35.7 Å². The fourth-order valence-corrected chi connectivity index (χ4v) is 3.64. The molecule has 0 aliphatic carbocycles. The number of hydrogen-bond acceptors (Lipinski definition) is 4. The van der Waals surface area contributed by atoms with Crippen LogP contribution in [0.5, 0.6) is 5.75 Å². The van der Waals surface area contributed by atoms with E-state index in [0.29, 0.717) is 18.9 Å². The van der Waals surface area contributed by atoms with Gasteiger partial charge >= 0.3 is 0 Å². The van der Waals surface area contributed by atoms with Crippen LogP contribution in [0.3, 0.4) is 0 Å². The molecule has 0 unspecified atom stereocenters. The molecule has 1 aliphatic heterocycles. The number of ether oxygens (including phenoxy) is 1. The summed E-state index contributed by atoms with van der Waals surface area (Å²) in [6.45, 7) is 4.70. The molecule has 1 fully saturated rings. The van der Waals surface area contributed by atoms with Crippen molar-refractivity contribution in [2.24, 2.45) is 0 Å². The number of aryl methyl sites for hydroxylation is 2. The van der Waals surface area contributed by atoms with Crippen molar-refractivity contribution in [2.45, 2.75) is 52.0 Å². The van der Waals surface area contributed by atoms with Crippen LogP contribution in [0, 0.1) is 13.8 Å². The highest BCUT2D eigenvalue weighted by atomic mass is 16.5. The number of aromatic nitrogens is 1. The first-order valence-electron chi connectivity index (χ1n) is 8.92. The largest absolute Gasteiger partial charge is 0.497 e. The summed E-state index contributed by atoms with van der Waals surface area (Å²) < 4.78 is 10.4. The van der Waals surface area contributed by atoms with E-state index in [1.54, 1.807) is 7.11 Å². The number of likely N-dealkylation sites (tertiary alicyclic amines) is 1. The summed E-state index contributed by atoms with van der Waals surface area (Å²) >= 11 is 0. The second kappa shape index (κ2) is 7.72. The van der Waals surface area contributed by atoms with Crippen LogP contribution in [0.1, 0.15) is 41.8 Å². The molecule has 0 N–H and O–H groups in total. The van der Waals surface area contributed by atoms with Gasteiger partial charge in [0, 0.05) is 24.6 Å². The Morgan fingerprint density at radius 1 is 1.32 bits per heavy atom. The van der Waals surface area contributed by atoms with Crippen LogP contribution in [-0.2, 0) is 17.6 Å². The van der Waals surface area contributed by atoms with E-state index in [9.17, 15) is 4.79 Å². The lowest BCUT2D eigenvalue weighted by Gasteiger charge is -2.25. The predicted octanol–water partition coefficient (Wildman–Crippen LogP) is 3.47. The molecule has 5 heteroatoms. The van der Waals surface area contributed by atoms with E-state index in [-0.39, 0.29) is 5.91 Å². The fourth-order valence-electron chi connectivity index (χ4n) is 3.64. The first kappa shape index (κ1) is 17.5. The number of nitrogens with zero attached hydrogens (tertiary/aromatic N) is 2. The van der Waals surface area contributed by atoms with Gasteiger partial charge in [-0.2, -0.15) is 0 Å². The molecule has 2 heterocycles. The molecule has 0 saturated carbocycles. The van der Waals surface area contributed by atoms with Gasteiger partial charge in [-0.05, 0) is 57.2 Å². The van der Waals surface area contributed by atoms with E-state index in [1.807, 2.05) is 26.0 Å². The molecular weight excluding hydrogens is 316 g/mol. The van der Waals surface area contributed by atoms with Gasteiger partial charge in [-0.15, -0.1) is 0 Å². The molecule has 0 bridgehead atoms. The molecule has 25 heavy (non-hydrogen) atoms. The summed E-state index contributed by atoms with van der Waals surface area (Å²) in [6.07, 6.45) is 4.27. The Balaban J connectivity index is 1.59. The van der Waals surface area contributed by atoms with Gasteiger partial charge in [0.05, 0.1) is 12.8 Å². The number of carbonyl (C=O) groups excluding carboxylic acids is 1. The lowest BCUT2D eigenvalue weighted by molar-refractivity contribution is -0.131. The van der Waals surface area contributed by atoms with Crippen molar-refractivity contribution in [1.82, 2.24) is 10.1 Å². The minimum Gasteiger partial charge on any atom is -0.497 e. The zero-order valence-corrected chi connectivity index (χ0v) is 15.2. The van der Waals surface area contributed by atoms with Crippen molar-refractivity contribution in [3.05, 3.63) is 46.8 Å². The van der Waals surface area contributed by atoms with Gasteiger partial charge in [0.2, 0.25) is 5.91 Å². The quantitative estimate of drug-likeness (QED) is 0.807. The molecule has 0 spiro atoms. The summed E-state index contributed by atoms with van der Waals surface area (Å²) in [4.78, 5) is 14.8. The van der Waals surface area contributed by atoms with Crippen molar-refractivity contribution < 1.29 is 14.1 Å². The third kappa shape index (κ3) is 4.03. The fraction of sp³-hybridized carbons (Fsp3) is 0.500. The molecule has 2 aromatic rings. The normalized spacial score (nSPS) is 17.1. The van der Waals surface area contributed by atoms with Crippen molar-refractivity contribution in [3.8, 4) is 5.75 Å². The Hall–Kier alpha value is -2.30. The SMILES string of the molecule is COc1ccc(C[C@H]2CCCN2C(=O)CCc2c(C)noc2C)cc1. The Kier molecular flexibility index (Phi) is 5.41. The maximum absolute atomic E-state index is 12.7. The number of carbonyl (C=O) groups is 1. The van der Waals surface area contributed by atoms with E-state index in [2.05, 4.69) is 22.2 Å². The molecule has 1 aromatic heterocycles. The highest BCUT2D eigenvalue weighted by molar-refractivity contribution is 5.77. The summed E-state index contributed by atoms with van der Waals surface area (Å²) in [7, 11) is 1.67. The van der Waals surface area contributed by atoms with E-state index in [0.717, 1.165) is 48.6 Å². The maximum atomic E-state index is 12.7. The average molecular weight is 342 g/mol. The van der Waals surface area contributed by atoms with Gasteiger partial charge in [-0.3, -0.25) is 4.79 Å². The van der Waals surface area contributed by atoms with Crippen LogP contribution in [0.4, 0.5) is 0 Å². The molecule has 1 atom stereocenters. The zero-order chi connectivity index (χ0) is 17.8. The van der Waals surface area contributed by atoms with E-state index in [1.165, 1.54) is 5.56 Å². The number of amides is 1. The smallest absolute Gasteiger partial charge is 0.223 e. The minimum atomic E-state index is 0.232. The third-order valence-corrected chi connectivity index (χ3v) is 5.10. The predicted molar refractivity (Wildman–Crippen MR) is 95.7 cm³/mol. The van der Waals surface area contributed by atoms with Crippen LogP contribution >= 0.6 is 0 Å². The summed E-state index contributed by atoms with van der Waals surface area (Å²) in [5.74, 6) is 1.92. The Bertz CT molecular complexity index is 702. The number of benzene rings is 1. The maximum Gasteiger partial charge on any atom is 0.223 e. The number of methoxy groups -OCH3 is 1. The molecule has 1 amide bonds. The molecule has 1 saturated heterocycles. The second-order valence-corrected chi connectivity index (χ2v) is 6.74. The second-order valence-electron chi connectivity index (χ2n) is 6.74. The molecule has 3 rings (SSSR count). The molecular formula is C20H26N2O3. The molecule has 1 aromatic carbocycles. The van der Waals surface area contributed by atoms with Crippen molar-refractivity contribution >= 4 is 5.91 Å². The molecule has 0 radical (unpaired) electrons. The molecule has 134 valence electrons. The molecule has 1 aliphatic rings. The first-order valence-corrected chi connectivity index (χ1v) is 8.92. The minimum absolute atomic E-state index is 0.232. The lowest BCUT2D eigenvalue weighted by Crippen LogP contribution is -2.37. The van der Waals surface area contributed by atoms with Gasteiger partial charge in [-0.25, -0.2) is 0 Å². The summed E-state index contributed by atoms with van der Waals surface area (Å²) in [5, 5.41) is 3.97. The van der Waals surface area contributed by atoms with Gasteiger partial charge < -0.3 is 14.2 Å². The van der Waals surface area contributed by atoms with Crippen LogP contribution in [0.15, 0.2) is 28.8 Å². The van der Waals surface area contributed by atoms with Gasteiger partial charge in [-0.1, -0.05) is 17.3 Å². The Morgan fingerprint density at radius 2 is 2.08 bits per heavy atom. The van der Waals surface area contributed by atoms with E-state index >= 15 is 0 Å². The van der Waals surface area contributed by atoms with Gasteiger partial charge in [0.15, 0.2) is 0 Å². The van der Waals surface area contributed by atoms with E-state index < -0.39 is 0 Å². The van der Waals surface area contributed by atoms with Crippen LogP contribution < -0.4 is 4.74 Å². The Morgan fingerprint density at radius 3 is 2.72 bits per heavy atom. The van der Waals surface area contributed by atoms with Crippen molar-refractivity contribution in [2.75, 3.05) is 13.7 Å². The third-order valence-electron chi connectivity index (χ3n) is 5.10. The highest BCUT2D eigenvalue weighted by Gasteiger charge is 2.28. The van der Waals surface area contributed by atoms with Gasteiger partial charge in [0.1, 0.15) is 11.5 Å². The molecule has 5 nitrogen and oxygen atoms in total. The summed E-state index contributed by atoms with van der Waals surface area (Å²) in [5.41, 5.74) is 3.21. The van der Waals surface area contributed by atoms with Gasteiger partial charge in [0.25, 0.3) is 0 Å². The first-order chi connectivity index (χ1) is 12.1. The number of hydrogen-bond donors (Lipinski definition) is 0. The lowest BCUT2D eigenvalue weighted by atomic mass is 10.0. The summed E-state index contributed by atoms with van der Waals surface area (Å²) in [6, 6.07) is 8.43. The van der Waals surface area contributed by atoms with Crippen LogP contribution in [0.2, 0.25) is 0 Å². The monoisotopic (exact) mass is 342 g/mol. The topological polar surface area (TPSA) is 55.6 Å². The van der Waals surface area contributed by atoms with E-state index in [4.69, 9.17) is 9.26 Å². The van der Waals surface area contributed by atoms with Crippen molar-refractivity contribution in [3.63, 3.8) is 0 Å². The standard InChI is InChI=1S/C20H26N2O3/c1-14-19(15(2)25-21-14)10-11-20(23)22-12-4-5-17(22)13-16-6-8-18(24-3)9-7-16/h6-9,17H,4-5,10-13H2,1-3H3/t17-/m1/s1. The zero-order valence-electron chi connectivity index (χ0n) is 15.2. The Labute approximate surface area is 148 Å². The average Bonchev–Trinajstić information content (AvgIpc) is 3.20. The highest BCUT2D eigenvalue weighted by Crippen LogP contribution is 2.24. The van der Waals surface area contributed by atoms with Crippen molar-refractivity contribution in [1.29, 1.82) is 0 Å².